The third-order valence-electron chi connectivity index (χ3n) is 12.0. The third kappa shape index (κ3) is 6.92. The summed E-state index contributed by atoms with van der Waals surface area (Å²) in [5.41, 5.74) is 3.57. The quantitative estimate of drug-likeness (QED) is 0.228. The van der Waals surface area contributed by atoms with Crippen molar-refractivity contribution in [1.82, 2.24) is 44.8 Å². The van der Waals surface area contributed by atoms with Crippen molar-refractivity contribution >= 4 is 52.4 Å². The average molecular weight is 774 g/mol. The summed E-state index contributed by atoms with van der Waals surface area (Å²) in [4.78, 5) is 77.0. The molecule has 1 saturated carbocycles. The molecule has 5 aliphatic rings. The number of piperidine rings is 1. The molecule has 0 radical (unpaired) electrons. The Morgan fingerprint density at radius 2 is 1.72 bits per heavy atom. The zero-order valence-corrected chi connectivity index (χ0v) is 31.4. The van der Waals surface area contributed by atoms with Crippen LogP contribution in [0.4, 0.5) is 17.2 Å². The van der Waals surface area contributed by atoms with Crippen LogP contribution in [0.3, 0.4) is 0 Å². The Morgan fingerprint density at radius 1 is 0.930 bits per heavy atom. The zero-order chi connectivity index (χ0) is 39.2. The van der Waals surface area contributed by atoms with Gasteiger partial charge in [0.2, 0.25) is 17.7 Å². The molecule has 4 fully saturated rings. The van der Waals surface area contributed by atoms with E-state index in [0.29, 0.717) is 87.3 Å². The second-order valence-corrected chi connectivity index (χ2v) is 15.3. The van der Waals surface area contributed by atoms with Gasteiger partial charge in [-0.25, -0.2) is 9.50 Å². The monoisotopic (exact) mass is 773 g/mol. The van der Waals surface area contributed by atoms with Gasteiger partial charge in [-0.3, -0.25) is 34.0 Å². The maximum absolute atomic E-state index is 13.7. The molecule has 0 bridgehead atoms. The van der Waals surface area contributed by atoms with Gasteiger partial charge in [0.25, 0.3) is 11.8 Å². The van der Waals surface area contributed by atoms with Crippen LogP contribution < -0.4 is 25.8 Å². The summed E-state index contributed by atoms with van der Waals surface area (Å²) >= 11 is 0. The highest BCUT2D eigenvalue weighted by molar-refractivity contribution is 6.08. The normalized spacial score (nSPS) is 22.7. The molecule has 1 unspecified atom stereocenters. The molecule has 9 rings (SSSR count). The second kappa shape index (κ2) is 15.0. The zero-order valence-electron chi connectivity index (χ0n) is 31.4. The molecule has 18 nitrogen and oxygen atoms in total. The van der Waals surface area contributed by atoms with E-state index >= 15 is 0 Å². The van der Waals surface area contributed by atoms with E-state index in [9.17, 15) is 29.2 Å². The van der Waals surface area contributed by atoms with Crippen LogP contribution in [0.15, 0.2) is 42.9 Å². The molecular weight excluding hydrogens is 731 g/mol. The van der Waals surface area contributed by atoms with Crippen LogP contribution in [0, 0.1) is 17.2 Å². The van der Waals surface area contributed by atoms with E-state index in [0.717, 1.165) is 43.2 Å². The number of imide groups is 1. The molecule has 57 heavy (non-hydrogen) atoms. The summed E-state index contributed by atoms with van der Waals surface area (Å²) in [6.07, 6.45) is 8.32. The van der Waals surface area contributed by atoms with Crippen LogP contribution in [0.1, 0.15) is 76.5 Å². The number of nitrogens with one attached hydrogen (secondary N) is 3. The number of carbonyl (C=O) groups excluding carboxylic acids is 5. The maximum Gasteiger partial charge on any atom is 0.261 e. The van der Waals surface area contributed by atoms with E-state index in [2.05, 4.69) is 42.0 Å². The molecule has 4 aromatic rings. The first kappa shape index (κ1) is 36.3. The van der Waals surface area contributed by atoms with E-state index in [1.807, 2.05) is 29.2 Å². The Labute approximate surface area is 327 Å². The lowest BCUT2D eigenvalue weighted by atomic mass is 9.85. The molecular formula is C39H43N13O5. The van der Waals surface area contributed by atoms with Crippen molar-refractivity contribution in [3.8, 4) is 6.07 Å². The molecule has 1 aliphatic carbocycles. The van der Waals surface area contributed by atoms with Crippen LogP contribution in [0.5, 0.6) is 0 Å². The lowest BCUT2D eigenvalue weighted by molar-refractivity contribution is -0.138. The smallest absolute Gasteiger partial charge is 0.261 e. The van der Waals surface area contributed by atoms with E-state index in [1.54, 1.807) is 26.5 Å². The summed E-state index contributed by atoms with van der Waals surface area (Å²) in [6, 6.07) is 9.07. The van der Waals surface area contributed by atoms with Gasteiger partial charge in [0.1, 0.15) is 23.5 Å². The number of benzene rings is 1. The van der Waals surface area contributed by atoms with Gasteiger partial charge in [-0.1, -0.05) is 0 Å². The van der Waals surface area contributed by atoms with Gasteiger partial charge in [-0.05, 0) is 61.9 Å². The Kier molecular flexibility index (Phi) is 9.52. The summed E-state index contributed by atoms with van der Waals surface area (Å²) in [5.74, 6) is -0.531. The average Bonchev–Trinajstić information content (AvgIpc) is 3.95. The van der Waals surface area contributed by atoms with E-state index in [1.165, 1.54) is 6.20 Å². The number of anilines is 3. The molecule has 7 heterocycles. The predicted molar refractivity (Wildman–Crippen MR) is 205 cm³/mol. The number of nitrogens with zero attached hydrogens (tertiary/aromatic N) is 10. The van der Waals surface area contributed by atoms with Gasteiger partial charge < -0.3 is 30.2 Å². The van der Waals surface area contributed by atoms with Gasteiger partial charge in [0, 0.05) is 88.7 Å². The molecule has 18 heteroatoms. The fourth-order valence-electron chi connectivity index (χ4n) is 8.82. The summed E-state index contributed by atoms with van der Waals surface area (Å²) in [7, 11) is 0. The number of hydrogen-bond acceptors (Lipinski definition) is 12. The van der Waals surface area contributed by atoms with Gasteiger partial charge >= 0.3 is 0 Å². The van der Waals surface area contributed by atoms with Crippen molar-refractivity contribution in [2.45, 2.75) is 57.2 Å². The van der Waals surface area contributed by atoms with Gasteiger partial charge in [-0.15, -0.1) is 0 Å². The van der Waals surface area contributed by atoms with Crippen molar-refractivity contribution < 1.29 is 24.0 Å². The van der Waals surface area contributed by atoms with Gasteiger partial charge in [0.05, 0.1) is 24.1 Å². The number of hydrogen-bond donors (Lipinski definition) is 3. The molecule has 3 saturated heterocycles. The van der Waals surface area contributed by atoms with Crippen molar-refractivity contribution in [3.05, 3.63) is 65.2 Å². The van der Waals surface area contributed by atoms with Crippen LogP contribution in [-0.4, -0.2) is 122 Å². The van der Waals surface area contributed by atoms with Crippen LogP contribution in [0.25, 0.3) is 5.65 Å². The molecule has 3 N–H and O–H groups in total. The number of amides is 5. The molecule has 3 aromatic heterocycles. The SMILES string of the molecule is N#Cc1nn(C2CCC(C(=O)N3CCN(c4ccc5c(c4)CN(C4CCC(=O)NC4=O)C5=O)CC3)CC2)cc1NC(=O)c1cnn2ccc(N3CCNCC3)nc12. The summed E-state index contributed by atoms with van der Waals surface area (Å²) < 4.78 is 3.31. The van der Waals surface area contributed by atoms with Crippen molar-refractivity contribution in [3.63, 3.8) is 0 Å². The van der Waals surface area contributed by atoms with Crippen molar-refractivity contribution in [2.24, 2.45) is 5.92 Å². The second-order valence-electron chi connectivity index (χ2n) is 15.3. The number of piperazine rings is 2. The predicted octanol–water partition coefficient (Wildman–Crippen LogP) is 1.30. The fourth-order valence-corrected chi connectivity index (χ4v) is 8.82. The largest absolute Gasteiger partial charge is 0.368 e. The molecule has 4 aliphatic heterocycles. The number of aromatic nitrogens is 5. The molecule has 5 amide bonds. The van der Waals surface area contributed by atoms with Crippen LogP contribution in [-0.2, 0) is 20.9 Å². The van der Waals surface area contributed by atoms with Gasteiger partial charge in [0.15, 0.2) is 11.3 Å². The first-order valence-corrected chi connectivity index (χ1v) is 19.7. The molecule has 1 atom stereocenters. The van der Waals surface area contributed by atoms with Gasteiger partial charge in [-0.2, -0.15) is 15.5 Å². The number of nitriles is 1. The minimum absolute atomic E-state index is 0.0125. The van der Waals surface area contributed by atoms with Crippen molar-refractivity contribution in [2.75, 3.05) is 67.5 Å². The first-order chi connectivity index (χ1) is 27.7. The Hall–Kier alpha value is -6.35. The van der Waals surface area contributed by atoms with Crippen molar-refractivity contribution in [1.29, 1.82) is 5.26 Å². The molecule has 0 spiro atoms. The highest BCUT2D eigenvalue weighted by Crippen LogP contribution is 2.35. The maximum atomic E-state index is 13.7. The standard InChI is InChI=1S/C39H43N13O5/c40-20-30-31(43-36(54)29-21-42-51-12-9-33(44-35(29)51)48-13-10-41-11-14-48)23-52(46-30)26-3-1-24(2-4-26)38(56)49-17-15-47(16-18-49)27-5-6-28-25(19-27)22-50(39(28)57)32-7-8-34(53)45-37(32)55/h5-6,9,12,19,21,23-24,26,32,41H,1-4,7-8,10-11,13-18,22H2,(H,43,54)(H,45,53,55). The fraction of sp³-hybridized carbons (Fsp3) is 0.462. The lowest BCUT2D eigenvalue weighted by Crippen LogP contribution is -2.52. The lowest BCUT2D eigenvalue weighted by Gasteiger charge is -2.39. The number of rotatable bonds is 7. The molecule has 294 valence electrons. The Balaban J connectivity index is 0.781. The Bertz CT molecular complexity index is 2310. The number of carbonyl (C=O) groups is 5. The Morgan fingerprint density at radius 3 is 2.47 bits per heavy atom. The topological polar surface area (TPSA) is 206 Å². The number of fused-ring (bicyclic) bond motifs is 2. The first-order valence-electron chi connectivity index (χ1n) is 19.7. The summed E-state index contributed by atoms with van der Waals surface area (Å²) in [5, 5.41) is 27.3. The van der Waals surface area contributed by atoms with Crippen LogP contribution in [0.2, 0.25) is 0 Å². The van der Waals surface area contributed by atoms with Crippen LogP contribution >= 0.6 is 0 Å². The highest BCUT2D eigenvalue weighted by Gasteiger charge is 2.39. The highest BCUT2D eigenvalue weighted by atomic mass is 16.2. The third-order valence-corrected chi connectivity index (χ3v) is 12.0. The van der Waals surface area contributed by atoms with E-state index < -0.39 is 17.9 Å². The minimum Gasteiger partial charge on any atom is -0.368 e. The van der Waals surface area contributed by atoms with E-state index in [4.69, 9.17) is 4.98 Å². The van der Waals surface area contributed by atoms with E-state index in [-0.39, 0.29) is 41.8 Å². The molecule has 1 aromatic carbocycles. The summed E-state index contributed by atoms with van der Waals surface area (Å²) in [6.45, 7) is 6.16. The minimum atomic E-state index is -0.653.